The Morgan fingerprint density at radius 1 is 0.903 bits per heavy atom. The summed E-state index contributed by atoms with van der Waals surface area (Å²) in [5, 5.41) is 2.64. The maximum absolute atomic E-state index is 11.9. The summed E-state index contributed by atoms with van der Waals surface area (Å²) < 4.78 is 27.6. The van der Waals surface area contributed by atoms with Gasteiger partial charge in [0.2, 0.25) is 12.2 Å². The molecule has 1 amide bonds. The summed E-state index contributed by atoms with van der Waals surface area (Å²) in [6.07, 6.45) is -4.47. The summed E-state index contributed by atoms with van der Waals surface area (Å²) in [5.41, 5.74) is 1.01. The van der Waals surface area contributed by atoms with Crippen LogP contribution in [0.3, 0.4) is 0 Å². The van der Waals surface area contributed by atoms with Crippen molar-refractivity contribution < 1.29 is 42.9 Å². The molecule has 5 unspecified atom stereocenters. The second kappa shape index (κ2) is 10.8. The van der Waals surface area contributed by atoms with Crippen LogP contribution >= 0.6 is 0 Å². The Balaban J connectivity index is 2.43. The van der Waals surface area contributed by atoms with E-state index in [1.54, 1.807) is 12.1 Å². The molecule has 1 N–H and O–H groups in total. The number of carbonyl (C=O) groups excluding carboxylic acids is 4. The van der Waals surface area contributed by atoms with Crippen molar-refractivity contribution in [2.75, 3.05) is 6.61 Å². The van der Waals surface area contributed by atoms with Crippen LogP contribution in [-0.4, -0.2) is 61.1 Å². The van der Waals surface area contributed by atoms with Crippen LogP contribution in [0.5, 0.6) is 5.75 Å². The number of benzene rings is 1. The average molecular weight is 437 g/mol. The summed E-state index contributed by atoms with van der Waals surface area (Å²) in [4.78, 5) is 46.7. The third-order valence-electron chi connectivity index (χ3n) is 4.34. The molecule has 1 aromatic rings. The summed E-state index contributed by atoms with van der Waals surface area (Å²) in [6, 6.07) is 6.06. The highest BCUT2D eigenvalue weighted by molar-refractivity contribution is 5.73. The Kier molecular flexibility index (Phi) is 8.38. The van der Waals surface area contributed by atoms with E-state index in [2.05, 4.69) is 5.32 Å². The van der Waals surface area contributed by atoms with Crippen LogP contribution in [0.2, 0.25) is 0 Å². The summed E-state index contributed by atoms with van der Waals surface area (Å²) >= 11 is 0. The second-order valence-corrected chi connectivity index (χ2v) is 7.15. The molecular weight excluding hydrogens is 410 g/mol. The van der Waals surface area contributed by atoms with Gasteiger partial charge in [0.05, 0.1) is 0 Å². The van der Waals surface area contributed by atoms with Gasteiger partial charge in [-0.1, -0.05) is 17.7 Å². The van der Waals surface area contributed by atoms with Crippen molar-refractivity contribution >= 4 is 23.8 Å². The lowest BCUT2D eigenvalue weighted by molar-refractivity contribution is -0.257. The Morgan fingerprint density at radius 2 is 1.48 bits per heavy atom. The number of nitrogens with one attached hydrogen (secondary N) is 1. The fourth-order valence-corrected chi connectivity index (χ4v) is 3.14. The highest BCUT2D eigenvalue weighted by Crippen LogP contribution is 2.29. The third-order valence-corrected chi connectivity index (χ3v) is 4.34. The first kappa shape index (κ1) is 24.1. The number of esters is 3. The summed E-state index contributed by atoms with van der Waals surface area (Å²) in [6.45, 7) is 6.48. The van der Waals surface area contributed by atoms with Crippen molar-refractivity contribution in [3.05, 3.63) is 29.8 Å². The Morgan fingerprint density at radius 3 is 2.00 bits per heavy atom. The standard InChI is InChI=1S/C21H27NO9/c1-11-6-8-16(9-7-11)30-21-18(22-12(2)23)20(29-15(5)26)19(28-14(4)25)17(31-21)10-27-13(3)24/h6-9,17-21H,10H2,1-5H3,(H,22,23). The van der Waals surface area contributed by atoms with Gasteiger partial charge < -0.3 is 29.0 Å². The molecule has 0 bridgehead atoms. The van der Waals surface area contributed by atoms with Crippen molar-refractivity contribution in [2.24, 2.45) is 0 Å². The zero-order chi connectivity index (χ0) is 23.1. The zero-order valence-electron chi connectivity index (χ0n) is 18.1. The minimum absolute atomic E-state index is 0.286. The van der Waals surface area contributed by atoms with Gasteiger partial charge in [0, 0.05) is 27.7 Å². The molecule has 1 aliphatic rings. The van der Waals surface area contributed by atoms with Crippen LogP contribution in [0.1, 0.15) is 33.3 Å². The molecule has 0 aromatic heterocycles. The van der Waals surface area contributed by atoms with E-state index in [9.17, 15) is 19.2 Å². The molecule has 0 radical (unpaired) electrons. The van der Waals surface area contributed by atoms with E-state index in [1.807, 2.05) is 19.1 Å². The summed E-state index contributed by atoms with van der Waals surface area (Å²) in [7, 11) is 0. The lowest BCUT2D eigenvalue weighted by atomic mass is 9.96. The van der Waals surface area contributed by atoms with E-state index < -0.39 is 54.5 Å². The molecule has 0 aliphatic carbocycles. The minimum Gasteiger partial charge on any atom is -0.463 e. The lowest BCUT2D eigenvalue weighted by Crippen LogP contribution is -2.67. The molecule has 170 valence electrons. The molecule has 10 nitrogen and oxygen atoms in total. The number of amides is 1. The van der Waals surface area contributed by atoms with Crippen molar-refractivity contribution in [2.45, 2.75) is 65.3 Å². The molecule has 1 aromatic carbocycles. The van der Waals surface area contributed by atoms with E-state index in [4.69, 9.17) is 23.7 Å². The molecule has 0 saturated carbocycles. The van der Waals surface area contributed by atoms with E-state index in [1.165, 1.54) is 27.7 Å². The molecule has 10 heteroatoms. The highest BCUT2D eigenvalue weighted by Gasteiger charge is 2.51. The van der Waals surface area contributed by atoms with Gasteiger partial charge in [0.15, 0.2) is 12.2 Å². The normalized spacial score (nSPS) is 25.1. The van der Waals surface area contributed by atoms with Crippen LogP contribution < -0.4 is 10.1 Å². The van der Waals surface area contributed by atoms with E-state index >= 15 is 0 Å². The van der Waals surface area contributed by atoms with E-state index in [0.29, 0.717) is 5.75 Å². The number of hydrogen-bond donors (Lipinski definition) is 1. The number of ether oxygens (including phenoxy) is 5. The van der Waals surface area contributed by atoms with Gasteiger partial charge in [0.25, 0.3) is 0 Å². The largest absolute Gasteiger partial charge is 0.463 e. The first-order valence-corrected chi connectivity index (χ1v) is 9.70. The number of rotatable bonds is 7. The van der Waals surface area contributed by atoms with Gasteiger partial charge in [-0.15, -0.1) is 0 Å². The topological polar surface area (TPSA) is 126 Å². The van der Waals surface area contributed by atoms with Crippen LogP contribution in [0.4, 0.5) is 0 Å². The summed E-state index contributed by atoms with van der Waals surface area (Å²) in [5.74, 6) is -1.92. The van der Waals surface area contributed by atoms with Crippen molar-refractivity contribution in [3.8, 4) is 5.75 Å². The van der Waals surface area contributed by atoms with Gasteiger partial charge in [-0.05, 0) is 19.1 Å². The van der Waals surface area contributed by atoms with Crippen LogP contribution in [0.25, 0.3) is 0 Å². The minimum atomic E-state index is -1.16. The number of carbonyl (C=O) groups is 4. The Labute approximate surface area is 180 Å². The SMILES string of the molecule is CC(=O)NC1C(Oc2ccc(C)cc2)OC(COC(C)=O)C(OC(C)=O)C1OC(C)=O. The number of aryl methyl sites for hydroxylation is 1. The number of hydrogen-bond acceptors (Lipinski definition) is 9. The molecule has 1 fully saturated rings. The zero-order valence-corrected chi connectivity index (χ0v) is 18.1. The molecule has 1 aliphatic heterocycles. The molecule has 0 spiro atoms. The van der Waals surface area contributed by atoms with Crippen LogP contribution in [0, 0.1) is 6.92 Å². The predicted octanol–water partition coefficient (Wildman–Crippen LogP) is 1.03. The Hall–Kier alpha value is -3.14. The highest BCUT2D eigenvalue weighted by atomic mass is 16.7. The van der Waals surface area contributed by atoms with Crippen molar-refractivity contribution in [3.63, 3.8) is 0 Å². The second-order valence-electron chi connectivity index (χ2n) is 7.15. The van der Waals surface area contributed by atoms with Crippen LogP contribution in [-0.2, 0) is 38.1 Å². The molecule has 5 atom stereocenters. The fraction of sp³-hybridized carbons (Fsp3) is 0.524. The molecule has 2 rings (SSSR count). The van der Waals surface area contributed by atoms with Crippen molar-refractivity contribution in [1.29, 1.82) is 0 Å². The maximum Gasteiger partial charge on any atom is 0.303 e. The first-order chi connectivity index (χ1) is 14.6. The van der Waals surface area contributed by atoms with E-state index in [0.717, 1.165) is 5.56 Å². The van der Waals surface area contributed by atoms with Gasteiger partial charge >= 0.3 is 17.9 Å². The van der Waals surface area contributed by atoms with Gasteiger partial charge in [-0.3, -0.25) is 19.2 Å². The molecule has 1 saturated heterocycles. The van der Waals surface area contributed by atoms with Crippen LogP contribution in [0.15, 0.2) is 24.3 Å². The average Bonchev–Trinajstić information content (AvgIpc) is 2.65. The molecule has 31 heavy (non-hydrogen) atoms. The smallest absolute Gasteiger partial charge is 0.303 e. The molecular formula is C21H27NO9. The monoisotopic (exact) mass is 437 g/mol. The van der Waals surface area contributed by atoms with Gasteiger partial charge in [-0.2, -0.15) is 0 Å². The van der Waals surface area contributed by atoms with Gasteiger partial charge in [0.1, 0.15) is 24.5 Å². The lowest BCUT2D eigenvalue weighted by Gasteiger charge is -2.44. The quantitative estimate of drug-likeness (QED) is 0.491. The molecule has 1 heterocycles. The van der Waals surface area contributed by atoms with E-state index in [-0.39, 0.29) is 6.61 Å². The van der Waals surface area contributed by atoms with Crippen molar-refractivity contribution in [1.82, 2.24) is 5.32 Å². The first-order valence-electron chi connectivity index (χ1n) is 9.70. The maximum atomic E-state index is 11.9. The van der Waals surface area contributed by atoms with Gasteiger partial charge in [-0.25, -0.2) is 0 Å². The fourth-order valence-electron chi connectivity index (χ4n) is 3.14. The Bertz CT molecular complexity index is 808. The third kappa shape index (κ3) is 7.25. The predicted molar refractivity (Wildman–Crippen MR) is 106 cm³/mol.